The second-order valence-corrected chi connectivity index (χ2v) is 6.46. The number of anilines is 2. The van der Waals surface area contributed by atoms with Gasteiger partial charge in [0.15, 0.2) is 5.76 Å². The maximum absolute atomic E-state index is 12.4. The molecule has 1 N–H and O–H groups in total. The van der Waals surface area contributed by atoms with Crippen LogP contribution in [-0.4, -0.2) is 67.8 Å². The van der Waals surface area contributed by atoms with Crippen LogP contribution in [0.3, 0.4) is 0 Å². The van der Waals surface area contributed by atoms with Crippen molar-refractivity contribution in [2.45, 2.75) is 0 Å². The Morgan fingerprint density at radius 3 is 2.33 bits per heavy atom. The van der Waals surface area contributed by atoms with Crippen LogP contribution in [0.2, 0.25) is 0 Å². The van der Waals surface area contributed by atoms with Gasteiger partial charge in [-0.3, -0.25) is 14.4 Å². The molecule has 1 aromatic carbocycles. The van der Waals surface area contributed by atoms with Crippen molar-refractivity contribution in [1.29, 1.82) is 0 Å². The van der Waals surface area contributed by atoms with Gasteiger partial charge in [0, 0.05) is 51.6 Å². The van der Waals surface area contributed by atoms with E-state index < -0.39 is 11.8 Å². The summed E-state index contributed by atoms with van der Waals surface area (Å²) < 4.78 is 5.11. The molecule has 8 heteroatoms. The van der Waals surface area contributed by atoms with Gasteiger partial charge in [-0.1, -0.05) is 6.07 Å². The second kappa shape index (κ2) is 7.94. The van der Waals surface area contributed by atoms with E-state index in [0.717, 1.165) is 5.69 Å². The molecule has 0 bridgehead atoms. The molecule has 27 heavy (non-hydrogen) atoms. The minimum atomic E-state index is -0.684. The Morgan fingerprint density at radius 2 is 1.70 bits per heavy atom. The van der Waals surface area contributed by atoms with Crippen molar-refractivity contribution in [2.75, 3.05) is 50.5 Å². The molecule has 1 saturated heterocycles. The number of carbonyl (C=O) groups is 3. The van der Waals surface area contributed by atoms with Crippen molar-refractivity contribution >= 4 is 29.1 Å². The summed E-state index contributed by atoms with van der Waals surface area (Å²) in [6.07, 6.45) is 1.45. The number of nitrogens with one attached hydrogen (secondary N) is 1. The van der Waals surface area contributed by atoms with Crippen LogP contribution in [0.1, 0.15) is 10.6 Å². The first-order valence-corrected chi connectivity index (χ1v) is 8.66. The summed E-state index contributed by atoms with van der Waals surface area (Å²) in [6, 6.07) is 10.5. The summed E-state index contributed by atoms with van der Waals surface area (Å²) in [7, 11) is 3.80. The Morgan fingerprint density at radius 1 is 1.00 bits per heavy atom. The van der Waals surface area contributed by atoms with Gasteiger partial charge in [0.25, 0.3) is 5.91 Å². The largest absolute Gasteiger partial charge is 0.459 e. The van der Waals surface area contributed by atoms with E-state index in [9.17, 15) is 14.4 Å². The standard InChI is InChI=1S/C19H22N4O4/c1-21(2)15-6-3-5-14(13-15)20-17(24)19(26)23-10-8-22(9-11-23)18(25)16-7-4-12-27-16/h3-7,12-13H,8-11H2,1-2H3,(H,20,24). The Labute approximate surface area is 157 Å². The van der Waals surface area contributed by atoms with E-state index in [0.29, 0.717) is 31.9 Å². The van der Waals surface area contributed by atoms with Crippen molar-refractivity contribution in [3.63, 3.8) is 0 Å². The molecule has 0 aliphatic carbocycles. The van der Waals surface area contributed by atoms with Crippen LogP contribution in [0.15, 0.2) is 47.1 Å². The minimum absolute atomic E-state index is 0.211. The van der Waals surface area contributed by atoms with Gasteiger partial charge in [0.1, 0.15) is 0 Å². The SMILES string of the molecule is CN(C)c1cccc(NC(=O)C(=O)N2CCN(C(=O)c3ccco3)CC2)c1. The molecular weight excluding hydrogens is 348 g/mol. The predicted molar refractivity (Wildman–Crippen MR) is 101 cm³/mol. The van der Waals surface area contributed by atoms with Gasteiger partial charge < -0.3 is 24.4 Å². The molecule has 8 nitrogen and oxygen atoms in total. The second-order valence-electron chi connectivity index (χ2n) is 6.46. The fourth-order valence-electron chi connectivity index (χ4n) is 2.86. The smallest absolute Gasteiger partial charge is 0.313 e. The van der Waals surface area contributed by atoms with Crippen molar-refractivity contribution in [3.8, 4) is 0 Å². The number of benzene rings is 1. The number of carbonyl (C=O) groups excluding carboxylic acids is 3. The molecule has 2 heterocycles. The molecular formula is C19H22N4O4. The zero-order valence-corrected chi connectivity index (χ0v) is 15.3. The fourth-order valence-corrected chi connectivity index (χ4v) is 2.86. The maximum Gasteiger partial charge on any atom is 0.313 e. The molecule has 0 radical (unpaired) electrons. The third kappa shape index (κ3) is 4.28. The van der Waals surface area contributed by atoms with Crippen LogP contribution >= 0.6 is 0 Å². The van der Waals surface area contributed by atoms with Gasteiger partial charge in [0.05, 0.1) is 6.26 Å². The molecule has 1 aromatic heterocycles. The summed E-state index contributed by atoms with van der Waals surface area (Å²) in [5.74, 6) is -1.22. The van der Waals surface area contributed by atoms with Gasteiger partial charge in [-0.05, 0) is 30.3 Å². The molecule has 142 valence electrons. The van der Waals surface area contributed by atoms with E-state index in [4.69, 9.17) is 4.42 Å². The van der Waals surface area contributed by atoms with Gasteiger partial charge in [-0.2, -0.15) is 0 Å². The average Bonchev–Trinajstić information content (AvgIpc) is 3.22. The van der Waals surface area contributed by atoms with E-state index in [1.54, 1.807) is 29.2 Å². The van der Waals surface area contributed by atoms with Crippen LogP contribution in [0.4, 0.5) is 11.4 Å². The number of piperazine rings is 1. The molecule has 0 unspecified atom stereocenters. The molecule has 0 atom stereocenters. The van der Waals surface area contributed by atoms with E-state index in [2.05, 4.69) is 5.32 Å². The highest BCUT2D eigenvalue weighted by Crippen LogP contribution is 2.17. The highest BCUT2D eigenvalue weighted by atomic mass is 16.3. The first kappa shape index (κ1) is 18.5. The predicted octanol–water partition coefficient (Wildman–Crippen LogP) is 1.27. The zero-order valence-electron chi connectivity index (χ0n) is 15.3. The van der Waals surface area contributed by atoms with Crippen molar-refractivity contribution < 1.29 is 18.8 Å². The third-order valence-electron chi connectivity index (χ3n) is 4.40. The Kier molecular flexibility index (Phi) is 5.44. The van der Waals surface area contributed by atoms with Crippen molar-refractivity contribution in [3.05, 3.63) is 48.4 Å². The highest BCUT2D eigenvalue weighted by Gasteiger charge is 2.29. The van der Waals surface area contributed by atoms with E-state index in [1.165, 1.54) is 11.2 Å². The van der Waals surface area contributed by atoms with E-state index >= 15 is 0 Å². The van der Waals surface area contributed by atoms with Gasteiger partial charge in [-0.15, -0.1) is 0 Å². The summed E-state index contributed by atoms with van der Waals surface area (Å²) in [5.41, 5.74) is 1.48. The Hall–Kier alpha value is -3.29. The summed E-state index contributed by atoms with van der Waals surface area (Å²) in [6.45, 7) is 1.32. The van der Waals surface area contributed by atoms with Crippen LogP contribution in [0.25, 0.3) is 0 Å². The summed E-state index contributed by atoms with van der Waals surface area (Å²) in [4.78, 5) is 41.9. The van der Waals surface area contributed by atoms with Crippen molar-refractivity contribution in [2.24, 2.45) is 0 Å². The molecule has 1 fully saturated rings. The lowest BCUT2D eigenvalue weighted by Gasteiger charge is -2.33. The quantitative estimate of drug-likeness (QED) is 0.823. The lowest BCUT2D eigenvalue weighted by molar-refractivity contribution is -0.144. The molecule has 1 aliphatic rings. The molecule has 1 aliphatic heterocycles. The lowest BCUT2D eigenvalue weighted by Crippen LogP contribution is -2.52. The third-order valence-corrected chi connectivity index (χ3v) is 4.40. The maximum atomic E-state index is 12.4. The molecule has 0 saturated carbocycles. The van der Waals surface area contributed by atoms with Crippen molar-refractivity contribution in [1.82, 2.24) is 9.80 Å². The topological polar surface area (TPSA) is 86.1 Å². The lowest BCUT2D eigenvalue weighted by atomic mass is 10.2. The summed E-state index contributed by atoms with van der Waals surface area (Å²) >= 11 is 0. The number of furan rings is 1. The number of nitrogens with zero attached hydrogens (tertiary/aromatic N) is 3. The molecule has 3 amide bonds. The highest BCUT2D eigenvalue weighted by molar-refractivity contribution is 6.39. The Bertz CT molecular complexity index is 824. The number of hydrogen-bond acceptors (Lipinski definition) is 5. The van der Waals surface area contributed by atoms with E-state index in [-0.39, 0.29) is 11.7 Å². The molecule has 3 rings (SSSR count). The van der Waals surface area contributed by atoms with Gasteiger partial charge >= 0.3 is 11.8 Å². The van der Waals surface area contributed by atoms with Gasteiger partial charge in [-0.25, -0.2) is 0 Å². The number of rotatable bonds is 3. The average molecular weight is 370 g/mol. The monoisotopic (exact) mass is 370 g/mol. The van der Waals surface area contributed by atoms with Crippen LogP contribution < -0.4 is 10.2 Å². The molecule has 0 spiro atoms. The first-order valence-electron chi connectivity index (χ1n) is 8.66. The normalized spacial score (nSPS) is 14.0. The van der Waals surface area contributed by atoms with Crippen LogP contribution in [0, 0.1) is 0 Å². The first-order chi connectivity index (χ1) is 13.0. The fraction of sp³-hybridized carbons (Fsp3) is 0.316. The van der Waals surface area contributed by atoms with E-state index in [1.807, 2.05) is 31.1 Å². The summed E-state index contributed by atoms with van der Waals surface area (Å²) in [5, 5.41) is 2.64. The zero-order chi connectivity index (χ0) is 19.4. The van der Waals surface area contributed by atoms with Crippen LogP contribution in [-0.2, 0) is 9.59 Å². The minimum Gasteiger partial charge on any atom is -0.459 e. The van der Waals surface area contributed by atoms with Gasteiger partial charge in [0.2, 0.25) is 0 Å². The number of hydrogen-bond donors (Lipinski definition) is 1. The Balaban J connectivity index is 1.55. The van der Waals surface area contributed by atoms with Crippen LogP contribution in [0.5, 0.6) is 0 Å². The molecule has 2 aromatic rings. The number of amides is 3.